The Morgan fingerprint density at radius 1 is 1.50 bits per heavy atom. The van der Waals surface area contributed by atoms with Crippen LogP contribution in [0.4, 0.5) is 0 Å². The van der Waals surface area contributed by atoms with Crippen molar-refractivity contribution in [3.63, 3.8) is 0 Å². The average molecular weight is 305 g/mol. The number of methoxy groups -OCH3 is 1. The fourth-order valence-corrected chi connectivity index (χ4v) is 3.25. The molecule has 0 spiro atoms. The van der Waals surface area contributed by atoms with Gasteiger partial charge < -0.3 is 19.5 Å². The zero-order chi connectivity index (χ0) is 15.9. The first-order valence-electron chi connectivity index (χ1n) is 7.33. The highest BCUT2D eigenvalue weighted by Gasteiger charge is 2.52. The van der Waals surface area contributed by atoms with Crippen LogP contribution in [-0.2, 0) is 14.3 Å². The van der Waals surface area contributed by atoms with E-state index in [-0.39, 0.29) is 18.4 Å². The number of rotatable bonds is 3. The van der Waals surface area contributed by atoms with E-state index in [1.165, 1.54) is 0 Å². The zero-order valence-electron chi connectivity index (χ0n) is 12.8. The van der Waals surface area contributed by atoms with Crippen LogP contribution in [0.2, 0.25) is 0 Å². The van der Waals surface area contributed by atoms with Crippen molar-refractivity contribution in [2.75, 3.05) is 13.7 Å². The summed E-state index contributed by atoms with van der Waals surface area (Å²) < 4.78 is 16.2. The molecule has 0 radical (unpaired) electrons. The van der Waals surface area contributed by atoms with Gasteiger partial charge in [0, 0.05) is 17.9 Å². The summed E-state index contributed by atoms with van der Waals surface area (Å²) in [5.74, 6) is -0.666. The first-order chi connectivity index (χ1) is 10.5. The van der Waals surface area contributed by atoms with Crippen LogP contribution >= 0.6 is 0 Å². The molecule has 1 aromatic rings. The molecule has 6 heteroatoms. The first kappa shape index (κ1) is 14.7. The maximum atomic E-state index is 12.4. The molecule has 2 aliphatic heterocycles. The van der Waals surface area contributed by atoms with Gasteiger partial charge in [0.15, 0.2) is 5.72 Å². The van der Waals surface area contributed by atoms with Crippen LogP contribution in [0, 0.1) is 5.92 Å². The monoisotopic (exact) mass is 305 g/mol. The predicted molar refractivity (Wildman–Crippen MR) is 77.7 cm³/mol. The van der Waals surface area contributed by atoms with Crippen LogP contribution < -0.4 is 14.8 Å². The number of carbonyl (C=O) groups is 2. The van der Waals surface area contributed by atoms with E-state index in [0.717, 1.165) is 5.56 Å². The van der Waals surface area contributed by atoms with Crippen LogP contribution in [0.3, 0.4) is 0 Å². The molecule has 1 amide bonds. The summed E-state index contributed by atoms with van der Waals surface area (Å²) in [7, 11) is 1.58. The molecule has 0 unspecified atom stereocenters. The van der Waals surface area contributed by atoms with Crippen molar-refractivity contribution in [2.45, 2.75) is 31.9 Å². The normalized spacial score (nSPS) is 29.0. The zero-order valence-corrected chi connectivity index (χ0v) is 12.8. The number of fused-ring (bicyclic) bond motifs is 4. The van der Waals surface area contributed by atoms with Gasteiger partial charge >= 0.3 is 5.97 Å². The summed E-state index contributed by atoms with van der Waals surface area (Å²) in [5, 5.41) is 2.79. The van der Waals surface area contributed by atoms with Gasteiger partial charge in [0.25, 0.3) is 0 Å². The number of carbonyl (C=O) groups excluding carboxylic acids is 2. The summed E-state index contributed by atoms with van der Waals surface area (Å²) in [5.41, 5.74) is 0.0107. The quantitative estimate of drug-likeness (QED) is 0.678. The number of hydrogen-bond acceptors (Lipinski definition) is 5. The number of piperidine rings is 1. The molecular weight excluding hydrogens is 286 g/mol. The molecule has 0 saturated carbocycles. The Bertz CT molecular complexity index is 629. The van der Waals surface area contributed by atoms with E-state index in [1.807, 2.05) is 13.0 Å². The SMILES string of the molecule is CCOC(=O)[C@@H]1C(=O)N[C@@]2(C)C[C@H]1c1cc(OC)ccc1O2. The second-order valence-corrected chi connectivity index (χ2v) is 5.77. The molecule has 0 aliphatic carbocycles. The van der Waals surface area contributed by atoms with Crippen LogP contribution in [0.15, 0.2) is 18.2 Å². The molecule has 2 heterocycles. The lowest BCUT2D eigenvalue weighted by Crippen LogP contribution is -2.62. The van der Waals surface area contributed by atoms with Gasteiger partial charge in [-0.3, -0.25) is 9.59 Å². The molecule has 3 rings (SSSR count). The number of hydrogen-bond donors (Lipinski definition) is 1. The molecule has 0 aromatic heterocycles. The van der Waals surface area contributed by atoms with Gasteiger partial charge in [-0.1, -0.05) is 0 Å². The van der Waals surface area contributed by atoms with Crippen molar-refractivity contribution >= 4 is 11.9 Å². The van der Waals surface area contributed by atoms with Crippen molar-refractivity contribution in [1.82, 2.24) is 5.32 Å². The summed E-state index contributed by atoms with van der Waals surface area (Å²) >= 11 is 0. The van der Waals surface area contributed by atoms with Crippen LogP contribution in [0.5, 0.6) is 11.5 Å². The second kappa shape index (κ2) is 5.19. The smallest absolute Gasteiger partial charge is 0.319 e. The van der Waals surface area contributed by atoms with E-state index in [1.54, 1.807) is 26.2 Å². The van der Waals surface area contributed by atoms with Crippen molar-refractivity contribution in [3.8, 4) is 11.5 Å². The lowest BCUT2D eigenvalue weighted by atomic mass is 9.75. The Labute approximate surface area is 128 Å². The van der Waals surface area contributed by atoms with E-state index >= 15 is 0 Å². The fraction of sp³-hybridized carbons (Fsp3) is 0.500. The highest BCUT2D eigenvalue weighted by atomic mass is 16.5. The van der Waals surface area contributed by atoms with Crippen LogP contribution in [0.25, 0.3) is 0 Å². The van der Waals surface area contributed by atoms with Crippen molar-refractivity contribution in [3.05, 3.63) is 23.8 Å². The maximum Gasteiger partial charge on any atom is 0.319 e. The van der Waals surface area contributed by atoms with Crippen molar-refractivity contribution < 1.29 is 23.8 Å². The summed E-state index contributed by atoms with van der Waals surface area (Å²) in [6, 6.07) is 5.42. The fourth-order valence-electron chi connectivity index (χ4n) is 3.25. The molecule has 1 saturated heterocycles. The molecule has 2 bridgehead atoms. The maximum absolute atomic E-state index is 12.4. The number of amides is 1. The third-order valence-electron chi connectivity index (χ3n) is 4.17. The molecule has 1 N–H and O–H groups in total. The Morgan fingerprint density at radius 3 is 2.95 bits per heavy atom. The minimum atomic E-state index is -0.859. The Morgan fingerprint density at radius 2 is 2.27 bits per heavy atom. The van der Waals surface area contributed by atoms with Crippen LogP contribution in [-0.4, -0.2) is 31.3 Å². The molecule has 6 nitrogen and oxygen atoms in total. The molecule has 2 aliphatic rings. The topological polar surface area (TPSA) is 73.9 Å². The van der Waals surface area contributed by atoms with Gasteiger partial charge in [-0.15, -0.1) is 0 Å². The second-order valence-electron chi connectivity index (χ2n) is 5.77. The lowest BCUT2D eigenvalue weighted by molar-refractivity contribution is -0.160. The number of ether oxygens (including phenoxy) is 3. The number of benzene rings is 1. The highest BCUT2D eigenvalue weighted by Crippen LogP contribution is 2.47. The van der Waals surface area contributed by atoms with Crippen molar-refractivity contribution in [2.24, 2.45) is 5.92 Å². The predicted octanol–water partition coefficient (Wildman–Crippen LogP) is 1.59. The summed E-state index contributed by atoms with van der Waals surface area (Å²) in [4.78, 5) is 24.6. The van der Waals surface area contributed by atoms with E-state index in [9.17, 15) is 9.59 Å². The third kappa shape index (κ3) is 2.28. The van der Waals surface area contributed by atoms with Gasteiger partial charge in [-0.25, -0.2) is 0 Å². The van der Waals surface area contributed by atoms with E-state index in [2.05, 4.69) is 5.32 Å². The van der Waals surface area contributed by atoms with E-state index < -0.39 is 17.6 Å². The van der Waals surface area contributed by atoms with Gasteiger partial charge in [0.2, 0.25) is 5.91 Å². The molecule has 3 atom stereocenters. The van der Waals surface area contributed by atoms with Crippen molar-refractivity contribution in [1.29, 1.82) is 0 Å². The summed E-state index contributed by atoms with van der Waals surface area (Å²) in [6.45, 7) is 3.78. The number of esters is 1. The highest BCUT2D eigenvalue weighted by molar-refractivity contribution is 6.00. The Hall–Kier alpha value is -2.24. The largest absolute Gasteiger partial charge is 0.497 e. The third-order valence-corrected chi connectivity index (χ3v) is 4.17. The number of nitrogens with one attached hydrogen (secondary N) is 1. The van der Waals surface area contributed by atoms with E-state index in [4.69, 9.17) is 14.2 Å². The minimum absolute atomic E-state index is 0.244. The van der Waals surface area contributed by atoms with Gasteiger partial charge in [-0.2, -0.15) is 0 Å². The van der Waals surface area contributed by atoms with E-state index in [0.29, 0.717) is 17.9 Å². The average Bonchev–Trinajstić information content (AvgIpc) is 2.46. The molecule has 1 fully saturated rings. The molecule has 118 valence electrons. The molecular formula is C16H19NO5. The molecule has 22 heavy (non-hydrogen) atoms. The van der Waals surface area contributed by atoms with Crippen LogP contribution in [0.1, 0.15) is 31.7 Å². The first-order valence-corrected chi connectivity index (χ1v) is 7.33. The van der Waals surface area contributed by atoms with Gasteiger partial charge in [0.05, 0.1) is 13.7 Å². The Kier molecular flexibility index (Phi) is 3.47. The minimum Gasteiger partial charge on any atom is -0.497 e. The standard InChI is InChI=1S/C16H19NO5/c1-4-21-15(19)13-11-8-16(2,17-14(13)18)22-12-6-5-9(20-3)7-10(11)12/h5-7,11,13H,4,8H2,1-3H3,(H,17,18)/t11-,13-,16+/m0/s1. The van der Waals surface area contributed by atoms with Gasteiger partial charge in [0.1, 0.15) is 17.4 Å². The Balaban J connectivity index is 2.06. The lowest BCUT2D eigenvalue weighted by Gasteiger charge is -2.46. The van der Waals surface area contributed by atoms with Gasteiger partial charge in [-0.05, 0) is 32.0 Å². The summed E-state index contributed by atoms with van der Waals surface area (Å²) in [6.07, 6.45) is 0.516. The molecule has 1 aromatic carbocycles.